The number of hydrogen-bond donors (Lipinski definition) is 1. The summed E-state index contributed by atoms with van der Waals surface area (Å²) in [7, 11) is 0. The van der Waals surface area contributed by atoms with Crippen LogP contribution in [0.4, 0.5) is 16.2 Å². The highest BCUT2D eigenvalue weighted by molar-refractivity contribution is 8.19. The van der Waals surface area contributed by atoms with Gasteiger partial charge >= 0.3 is 0 Å². The molecule has 0 radical (unpaired) electrons. The second-order valence-electron chi connectivity index (χ2n) is 5.03. The van der Waals surface area contributed by atoms with E-state index in [-0.39, 0.29) is 17.1 Å². The van der Waals surface area contributed by atoms with E-state index in [1.165, 1.54) is 6.92 Å². The molecule has 1 fully saturated rings. The fraction of sp³-hybridized carbons (Fsp3) is 0.0588. The van der Waals surface area contributed by atoms with Crippen molar-refractivity contribution in [2.24, 2.45) is 0 Å². The Morgan fingerprint density at radius 3 is 2.58 bits per heavy atom. The van der Waals surface area contributed by atoms with Gasteiger partial charge in [-0.1, -0.05) is 6.07 Å². The number of imide groups is 1. The molecule has 3 rings (SSSR count). The smallest absolute Gasteiger partial charge is 0.298 e. The van der Waals surface area contributed by atoms with Crippen LogP contribution in [-0.2, 0) is 9.59 Å². The van der Waals surface area contributed by atoms with E-state index in [1.807, 2.05) is 6.07 Å². The lowest BCUT2D eigenvalue weighted by atomic mass is 10.2. The summed E-state index contributed by atoms with van der Waals surface area (Å²) in [6.45, 7) is 1.41. The molecule has 1 saturated heterocycles. The lowest BCUT2D eigenvalue weighted by Crippen LogP contribution is -2.27. The normalized spacial score (nSPS) is 15.9. The molecular weight excluding hydrogens is 326 g/mol. The molecule has 1 aromatic heterocycles. The van der Waals surface area contributed by atoms with Crippen LogP contribution in [-0.4, -0.2) is 22.0 Å². The number of benzene rings is 1. The first-order chi connectivity index (χ1) is 11.5. The van der Waals surface area contributed by atoms with E-state index in [0.717, 1.165) is 22.2 Å². The molecule has 3 amide bonds. The molecule has 0 saturated carbocycles. The maximum absolute atomic E-state index is 12.5. The van der Waals surface area contributed by atoms with Crippen LogP contribution in [0.1, 0.15) is 12.5 Å². The summed E-state index contributed by atoms with van der Waals surface area (Å²) in [6, 6.07) is 10.1. The fourth-order valence-corrected chi connectivity index (χ4v) is 3.04. The van der Waals surface area contributed by atoms with Crippen molar-refractivity contribution in [2.75, 3.05) is 10.2 Å². The van der Waals surface area contributed by atoms with Gasteiger partial charge in [0, 0.05) is 25.0 Å². The van der Waals surface area contributed by atoms with Crippen LogP contribution in [0, 0.1) is 0 Å². The molecular formula is C17H13N3O3S. The van der Waals surface area contributed by atoms with Crippen LogP contribution >= 0.6 is 11.8 Å². The molecule has 1 N–H and O–H groups in total. The molecule has 0 unspecified atom stereocenters. The average Bonchev–Trinajstić information content (AvgIpc) is 2.83. The Bertz CT molecular complexity index is 832. The van der Waals surface area contributed by atoms with Gasteiger partial charge in [-0.15, -0.1) is 0 Å². The third kappa shape index (κ3) is 3.36. The standard InChI is InChI=1S/C17H13N3O3S/c1-11(21)19-13-4-6-14(7-5-13)20-16(22)15(24-17(20)23)9-12-3-2-8-18-10-12/h2-10H,1H3,(H,19,21)/b15-9-. The van der Waals surface area contributed by atoms with E-state index in [1.54, 1.807) is 48.8 Å². The van der Waals surface area contributed by atoms with Gasteiger partial charge in [0.2, 0.25) is 5.91 Å². The Hall–Kier alpha value is -2.93. The molecule has 120 valence electrons. The van der Waals surface area contributed by atoms with Gasteiger partial charge in [-0.25, -0.2) is 4.90 Å². The second kappa shape index (κ2) is 6.67. The minimum absolute atomic E-state index is 0.187. The number of anilines is 2. The van der Waals surface area contributed by atoms with Crippen molar-refractivity contribution in [3.05, 3.63) is 59.3 Å². The van der Waals surface area contributed by atoms with E-state index in [9.17, 15) is 14.4 Å². The third-order valence-electron chi connectivity index (χ3n) is 3.22. The first-order valence-corrected chi connectivity index (χ1v) is 7.92. The van der Waals surface area contributed by atoms with Crippen molar-refractivity contribution < 1.29 is 14.4 Å². The molecule has 6 nitrogen and oxygen atoms in total. The number of nitrogens with one attached hydrogen (secondary N) is 1. The summed E-state index contributed by atoms with van der Waals surface area (Å²) >= 11 is 0.887. The van der Waals surface area contributed by atoms with Crippen LogP contribution < -0.4 is 10.2 Å². The van der Waals surface area contributed by atoms with Crippen molar-refractivity contribution in [3.8, 4) is 0 Å². The second-order valence-corrected chi connectivity index (χ2v) is 6.02. The topological polar surface area (TPSA) is 79.4 Å². The Morgan fingerprint density at radius 2 is 1.96 bits per heavy atom. The molecule has 0 atom stereocenters. The first-order valence-electron chi connectivity index (χ1n) is 7.10. The molecule has 7 heteroatoms. The Balaban J connectivity index is 1.84. The number of hydrogen-bond acceptors (Lipinski definition) is 5. The zero-order valence-corrected chi connectivity index (χ0v) is 13.5. The van der Waals surface area contributed by atoms with Crippen LogP contribution in [0.5, 0.6) is 0 Å². The predicted molar refractivity (Wildman–Crippen MR) is 93.4 cm³/mol. The predicted octanol–water partition coefficient (Wildman–Crippen LogP) is 3.28. The van der Waals surface area contributed by atoms with E-state index >= 15 is 0 Å². The molecule has 2 heterocycles. The van der Waals surface area contributed by atoms with Crippen molar-refractivity contribution in [1.29, 1.82) is 0 Å². The number of amides is 3. The highest BCUT2D eigenvalue weighted by atomic mass is 32.2. The Labute approximate surface area is 142 Å². The van der Waals surface area contributed by atoms with Gasteiger partial charge in [-0.2, -0.15) is 0 Å². The monoisotopic (exact) mass is 339 g/mol. The van der Waals surface area contributed by atoms with Gasteiger partial charge < -0.3 is 5.32 Å². The number of nitrogens with zero attached hydrogens (tertiary/aromatic N) is 2. The van der Waals surface area contributed by atoms with Crippen molar-refractivity contribution in [2.45, 2.75) is 6.92 Å². The number of pyridine rings is 1. The molecule has 0 spiro atoms. The number of rotatable bonds is 3. The number of carbonyl (C=O) groups excluding carboxylic acids is 3. The van der Waals surface area contributed by atoms with Crippen LogP contribution in [0.15, 0.2) is 53.7 Å². The van der Waals surface area contributed by atoms with Crippen molar-refractivity contribution >= 4 is 46.3 Å². The zero-order chi connectivity index (χ0) is 17.1. The maximum Gasteiger partial charge on any atom is 0.298 e. The third-order valence-corrected chi connectivity index (χ3v) is 4.09. The van der Waals surface area contributed by atoms with Gasteiger partial charge in [0.1, 0.15) is 0 Å². The van der Waals surface area contributed by atoms with Gasteiger partial charge in [0.15, 0.2) is 0 Å². The van der Waals surface area contributed by atoms with Gasteiger partial charge in [-0.05, 0) is 53.7 Å². The number of carbonyl (C=O) groups is 3. The molecule has 1 aliphatic heterocycles. The van der Waals surface area contributed by atoms with E-state index in [4.69, 9.17) is 0 Å². The summed E-state index contributed by atoms with van der Waals surface area (Å²) in [5, 5.41) is 2.28. The largest absolute Gasteiger partial charge is 0.326 e. The first kappa shape index (κ1) is 15.9. The van der Waals surface area contributed by atoms with E-state index < -0.39 is 0 Å². The van der Waals surface area contributed by atoms with Gasteiger partial charge in [0.05, 0.1) is 10.6 Å². The maximum atomic E-state index is 12.5. The quantitative estimate of drug-likeness (QED) is 0.868. The summed E-state index contributed by atoms with van der Waals surface area (Å²) in [5.74, 6) is -0.561. The highest BCUT2D eigenvalue weighted by Gasteiger charge is 2.36. The van der Waals surface area contributed by atoms with Crippen LogP contribution in [0.25, 0.3) is 6.08 Å². The number of aromatic nitrogens is 1. The lowest BCUT2D eigenvalue weighted by Gasteiger charge is -2.13. The summed E-state index contributed by atoms with van der Waals surface area (Å²) in [4.78, 5) is 41.2. The SMILES string of the molecule is CC(=O)Nc1ccc(N2C(=O)S/C(=C\c3cccnc3)C2=O)cc1. The average molecular weight is 339 g/mol. The molecule has 1 aromatic carbocycles. The molecule has 1 aliphatic rings. The van der Waals surface area contributed by atoms with Gasteiger partial charge in [-0.3, -0.25) is 19.4 Å². The summed E-state index contributed by atoms with van der Waals surface area (Å²) in [5.41, 5.74) is 1.81. The van der Waals surface area contributed by atoms with Crippen molar-refractivity contribution in [1.82, 2.24) is 4.98 Å². The molecule has 0 aliphatic carbocycles. The van der Waals surface area contributed by atoms with Crippen molar-refractivity contribution in [3.63, 3.8) is 0 Å². The van der Waals surface area contributed by atoms with Crippen LogP contribution in [0.3, 0.4) is 0 Å². The summed E-state index contributed by atoms with van der Waals surface area (Å²) in [6.07, 6.45) is 4.90. The number of thioether (sulfide) groups is 1. The lowest BCUT2D eigenvalue weighted by molar-refractivity contribution is -0.114. The highest BCUT2D eigenvalue weighted by Crippen LogP contribution is 2.35. The van der Waals surface area contributed by atoms with E-state index in [2.05, 4.69) is 10.3 Å². The fourth-order valence-electron chi connectivity index (χ4n) is 2.20. The van der Waals surface area contributed by atoms with E-state index in [0.29, 0.717) is 16.3 Å². The Kier molecular flexibility index (Phi) is 4.43. The van der Waals surface area contributed by atoms with Crippen LogP contribution in [0.2, 0.25) is 0 Å². The molecule has 24 heavy (non-hydrogen) atoms. The zero-order valence-electron chi connectivity index (χ0n) is 12.7. The van der Waals surface area contributed by atoms with Gasteiger partial charge in [0.25, 0.3) is 11.1 Å². The molecule has 2 aromatic rings. The minimum atomic E-state index is -0.374. The Morgan fingerprint density at radius 1 is 1.21 bits per heavy atom. The molecule has 0 bridgehead atoms. The summed E-state index contributed by atoms with van der Waals surface area (Å²) < 4.78 is 0. The minimum Gasteiger partial charge on any atom is -0.326 e.